The summed E-state index contributed by atoms with van der Waals surface area (Å²) in [4.78, 5) is 4.38. The Morgan fingerprint density at radius 2 is 2.14 bits per heavy atom. The second-order valence-electron chi connectivity index (χ2n) is 5.13. The van der Waals surface area contributed by atoms with Gasteiger partial charge in [0.25, 0.3) is 0 Å². The summed E-state index contributed by atoms with van der Waals surface area (Å²) < 4.78 is 9.38. The summed E-state index contributed by atoms with van der Waals surface area (Å²) in [6, 6.07) is 0. The molecule has 2 rings (SSSR count). The summed E-state index contributed by atoms with van der Waals surface area (Å²) in [6.45, 7) is 9.37. The highest BCUT2D eigenvalue weighted by molar-refractivity contribution is 5.30. The summed E-state index contributed by atoms with van der Waals surface area (Å²) in [5.74, 6) is 0.897. The van der Waals surface area contributed by atoms with Crippen LogP contribution >= 0.6 is 0 Å². The lowest BCUT2D eigenvalue weighted by molar-refractivity contribution is 0.147. The van der Waals surface area contributed by atoms with Crippen molar-refractivity contribution in [3.8, 4) is 0 Å². The van der Waals surface area contributed by atoms with Gasteiger partial charge in [-0.3, -0.25) is 4.68 Å². The van der Waals surface area contributed by atoms with Crippen LogP contribution in [0.5, 0.6) is 0 Å². The van der Waals surface area contributed by atoms with Crippen LogP contribution < -0.4 is 5.32 Å². The van der Waals surface area contributed by atoms with Crippen LogP contribution in [0.1, 0.15) is 30.3 Å². The molecule has 0 amide bonds. The molecule has 6 nitrogen and oxygen atoms in total. The highest BCUT2D eigenvalue weighted by atomic mass is 16.5. The molecule has 2 aromatic heterocycles. The fourth-order valence-corrected chi connectivity index (χ4v) is 2.34. The van der Waals surface area contributed by atoms with E-state index in [9.17, 15) is 0 Å². The number of anilines is 1. The third-order valence-corrected chi connectivity index (χ3v) is 3.66. The molecule has 0 spiro atoms. The van der Waals surface area contributed by atoms with Crippen LogP contribution in [-0.4, -0.2) is 39.1 Å². The maximum absolute atomic E-state index is 5.33. The minimum atomic E-state index is 0.772. The fourth-order valence-electron chi connectivity index (χ4n) is 2.34. The van der Waals surface area contributed by atoms with Crippen molar-refractivity contribution in [1.82, 2.24) is 19.3 Å². The number of nitrogens with zero attached hydrogens (tertiary/aromatic N) is 4. The summed E-state index contributed by atoms with van der Waals surface area (Å²) in [7, 11) is 1.98. The second kappa shape index (κ2) is 7.26. The van der Waals surface area contributed by atoms with Gasteiger partial charge >= 0.3 is 0 Å². The minimum absolute atomic E-state index is 0.772. The zero-order valence-electron chi connectivity index (χ0n) is 13.4. The SMILES string of the molecule is CCOCCCNc1nccn1Cc1c(C)nn(C)c1C. The molecule has 6 heteroatoms. The van der Waals surface area contributed by atoms with Gasteiger partial charge in [-0.05, 0) is 27.2 Å². The number of ether oxygens (including phenoxy) is 1. The van der Waals surface area contributed by atoms with Crippen LogP contribution in [0.4, 0.5) is 5.95 Å². The smallest absolute Gasteiger partial charge is 0.203 e. The van der Waals surface area contributed by atoms with E-state index in [1.54, 1.807) is 0 Å². The molecule has 1 N–H and O–H groups in total. The van der Waals surface area contributed by atoms with Gasteiger partial charge in [0.15, 0.2) is 0 Å². The van der Waals surface area contributed by atoms with E-state index in [1.165, 1.54) is 11.3 Å². The van der Waals surface area contributed by atoms with Crippen molar-refractivity contribution < 1.29 is 4.74 Å². The zero-order chi connectivity index (χ0) is 15.2. The van der Waals surface area contributed by atoms with E-state index >= 15 is 0 Å². The predicted octanol–water partition coefficient (Wildman–Crippen LogP) is 2.12. The summed E-state index contributed by atoms with van der Waals surface area (Å²) in [6.07, 6.45) is 4.80. The van der Waals surface area contributed by atoms with E-state index in [0.29, 0.717) is 0 Å². The van der Waals surface area contributed by atoms with E-state index in [2.05, 4.69) is 33.8 Å². The van der Waals surface area contributed by atoms with Crippen LogP contribution in [0.3, 0.4) is 0 Å². The quantitative estimate of drug-likeness (QED) is 0.757. The Balaban J connectivity index is 1.97. The number of aryl methyl sites for hydroxylation is 2. The van der Waals surface area contributed by atoms with E-state index in [-0.39, 0.29) is 0 Å². The molecule has 0 aliphatic heterocycles. The number of imidazole rings is 1. The molecule has 0 aliphatic carbocycles. The third kappa shape index (κ3) is 3.85. The largest absolute Gasteiger partial charge is 0.382 e. The Morgan fingerprint density at radius 3 is 2.81 bits per heavy atom. The van der Waals surface area contributed by atoms with Gasteiger partial charge in [-0.15, -0.1) is 0 Å². The Hall–Kier alpha value is -1.82. The molecule has 0 fully saturated rings. The molecule has 21 heavy (non-hydrogen) atoms. The number of aromatic nitrogens is 4. The zero-order valence-corrected chi connectivity index (χ0v) is 13.4. The van der Waals surface area contributed by atoms with Crippen molar-refractivity contribution in [2.45, 2.75) is 33.7 Å². The van der Waals surface area contributed by atoms with Crippen molar-refractivity contribution in [2.24, 2.45) is 7.05 Å². The molecular weight excluding hydrogens is 266 g/mol. The van der Waals surface area contributed by atoms with Gasteiger partial charge in [-0.1, -0.05) is 0 Å². The maximum atomic E-state index is 5.33. The molecule has 0 aromatic carbocycles. The Bertz CT molecular complexity index is 573. The minimum Gasteiger partial charge on any atom is -0.382 e. The topological polar surface area (TPSA) is 56.9 Å². The summed E-state index contributed by atoms with van der Waals surface area (Å²) >= 11 is 0. The summed E-state index contributed by atoms with van der Waals surface area (Å²) in [5.41, 5.74) is 3.53. The average molecular weight is 291 g/mol. The molecule has 0 unspecified atom stereocenters. The monoisotopic (exact) mass is 291 g/mol. The lowest BCUT2D eigenvalue weighted by Gasteiger charge is -2.10. The van der Waals surface area contributed by atoms with E-state index < -0.39 is 0 Å². The molecule has 2 aromatic rings. The van der Waals surface area contributed by atoms with Crippen molar-refractivity contribution in [1.29, 1.82) is 0 Å². The highest BCUT2D eigenvalue weighted by Gasteiger charge is 2.11. The molecule has 0 atom stereocenters. The number of hydrogen-bond donors (Lipinski definition) is 1. The van der Waals surface area contributed by atoms with E-state index in [4.69, 9.17) is 4.74 Å². The lowest BCUT2D eigenvalue weighted by atomic mass is 10.2. The van der Waals surface area contributed by atoms with Crippen LogP contribution in [0.25, 0.3) is 0 Å². The van der Waals surface area contributed by atoms with Crippen molar-refractivity contribution in [2.75, 3.05) is 25.1 Å². The average Bonchev–Trinajstić information content (AvgIpc) is 2.99. The standard InChI is InChI=1S/C15H25N5O/c1-5-21-10-6-7-16-15-17-8-9-20(15)11-14-12(2)18-19(4)13(14)3/h8-9H,5-7,10-11H2,1-4H3,(H,16,17). The molecule has 2 heterocycles. The second-order valence-corrected chi connectivity index (χ2v) is 5.13. The van der Waals surface area contributed by atoms with Gasteiger partial charge < -0.3 is 14.6 Å². The van der Waals surface area contributed by atoms with Gasteiger partial charge in [0, 0.05) is 50.5 Å². The van der Waals surface area contributed by atoms with Crippen molar-refractivity contribution in [3.63, 3.8) is 0 Å². The Kier molecular flexibility index (Phi) is 5.38. The van der Waals surface area contributed by atoms with E-state index in [1.807, 2.05) is 31.0 Å². The first-order chi connectivity index (χ1) is 10.1. The first-order valence-electron chi connectivity index (χ1n) is 7.45. The number of hydrogen-bond acceptors (Lipinski definition) is 4. The van der Waals surface area contributed by atoms with Gasteiger partial charge in [0.2, 0.25) is 5.95 Å². The van der Waals surface area contributed by atoms with Crippen LogP contribution in [0, 0.1) is 13.8 Å². The Morgan fingerprint density at radius 1 is 1.33 bits per heavy atom. The normalized spacial score (nSPS) is 11.0. The van der Waals surface area contributed by atoms with Gasteiger partial charge in [-0.25, -0.2) is 4.98 Å². The van der Waals surface area contributed by atoms with Crippen LogP contribution in [0.15, 0.2) is 12.4 Å². The predicted molar refractivity (Wildman–Crippen MR) is 83.6 cm³/mol. The van der Waals surface area contributed by atoms with Gasteiger partial charge in [0.05, 0.1) is 12.2 Å². The molecule has 0 radical (unpaired) electrons. The van der Waals surface area contributed by atoms with E-state index in [0.717, 1.165) is 44.4 Å². The first-order valence-corrected chi connectivity index (χ1v) is 7.45. The first kappa shape index (κ1) is 15.6. The molecule has 0 saturated carbocycles. The van der Waals surface area contributed by atoms with Gasteiger partial charge in [0.1, 0.15) is 0 Å². The van der Waals surface area contributed by atoms with Crippen molar-refractivity contribution in [3.05, 3.63) is 29.3 Å². The molecule has 116 valence electrons. The van der Waals surface area contributed by atoms with Gasteiger partial charge in [-0.2, -0.15) is 5.10 Å². The van der Waals surface area contributed by atoms with Crippen LogP contribution in [0.2, 0.25) is 0 Å². The molecule has 0 aliphatic rings. The molecule has 0 saturated heterocycles. The summed E-state index contributed by atoms with van der Waals surface area (Å²) in [5, 5.41) is 7.83. The Labute approximate surface area is 126 Å². The third-order valence-electron chi connectivity index (χ3n) is 3.66. The lowest BCUT2D eigenvalue weighted by Crippen LogP contribution is -2.11. The molecule has 0 bridgehead atoms. The maximum Gasteiger partial charge on any atom is 0.203 e. The number of rotatable bonds is 8. The molecular formula is C15H25N5O. The fraction of sp³-hybridized carbons (Fsp3) is 0.600. The number of nitrogens with one attached hydrogen (secondary N) is 1. The highest BCUT2D eigenvalue weighted by Crippen LogP contribution is 2.16. The van der Waals surface area contributed by atoms with Crippen molar-refractivity contribution >= 4 is 5.95 Å². The van der Waals surface area contributed by atoms with Crippen LogP contribution in [-0.2, 0) is 18.3 Å².